The molecule has 2 heterocycles. The number of hydrogen-bond donors (Lipinski definition) is 2. The van der Waals surface area contributed by atoms with E-state index in [1.165, 1.54) is 12.1 Å². The molecule has 0 aliphatic carbocycles. The Morgan fingerprint density at radius 3 is 2.86 bits per heavy atom. The second-order valence-corrected chi connectivity index (χ2v) is 8.26. The van der Waals surface area contributed by atoms with Crippen LogP contribution >= 0.6 is 34.5 Å². The van der Waals surface area contributed by atoms with Crippen LogP contribution < -0.4 is 11.1 Å². The quantitative estimate of drug-likeness (QED) is 0.572. The Morgan fingerprint density at radius 2 is 2.18 bits per heavy atom. The summed E-state index contributed by atoms with van der Waals surface area (Å²) in [4.78, 5) is 13.1. The first kappa shape index (κ1) is 20.8. The topological polar surface area (TPSA) is 72.9 Å². The number of carbonyl (C=O) groups excluding carboxylic acids is 1. The lowest BCUT2D eigenvalue weighted by atomic mass is 10.1. The second-order valence-electron chi connectivity index (χ2n) is 6.20. The van der Waals surface area contributed by atoms with Crippen molar-refractivity contribution >= 4 is 40.4 Å². The summed E-state index contributed by atoms with van der Waals surface area (Å²) >= 11 is 13.8. The SMILES string of the molecule is CCn1ncc(Cl)c1-c1cc(C(=O)NC(CN)Cc2cccc(F)c2)sc1Cl. The van der Waals surface area contributed by atoms with E-state index in [9.17, 15) is 9.18 Å². The number of aryl methyl sites for hydroxylation is 1. The van der Waals surface area contributed by atoms with Gasteiger partial charge in [0, 0.05) is 24.7 Å². The first-order chi connectivity index (χ1) is 13.4. The van der Waals surface area contributed by atoms with Crippen LogP contribution in [-0.2, 0) is 13.0 Å². The van der Waals surface area contributed by atoms with E-state index < -0.39 is 0 Å². The molecule has 5 nitrogen and oxygen atoms in total. The number of nitrogens with zero attached hydrogens (tertiary/aromatic N) is 2. The summed E-state index contributed by atoms with van der Waals surface area (Å²) < 4.78 is 15.6. The van der Waals surface area contributed by atoms with E-state index >= 15 is 0 Å². The molecule has 0 bridgehead atoms. The van der Waals surface area contributed by atoms with Crippen molar-refractivity contribution in [1.29, 1.82) is 0 Å². The lowest BCUT2D eigenvalue weighted by Gasteiger charge is -2.16. The number of halogens is 3. The van der Waals surface area contributed by atoms with Crippen molar-refractivity contribution in [3.05, 3.63) is 62.1 Å². The van der Waals surface area contributed by atoms with Crippen molar-refractivity contribution in [3.63, 3.8) is 0 Å². The standard InChI is InChI=1S/C19H19Cl2FN4OS/c1-2-26-17(15(20)10-24-26)14-8-16(28-18(14)21)19(27)25-13(9-23)7-11-4-3-5-12(22)6-11/h3-6,8,10,13H,2,7,9,23H2,1H3,(H,25,27). The molecule has 0 fully saturated rings. The van der Waals surface area contributed by atoms with Crippen LogP contribution in [0.3, 0.4) is 0 Å². The Labute approximate surface area is 176 Å². The van der Waals surface area contributed by atoms with Crippen LogP contribution in [0.4, 0.5) is 4.39 Å². The molecule has 3 aromatic rings. The smallest absolute Gasteiger partial charge is 0.261 e. The largest absolute Gasteiger partial charge is 0.347 e. The van der Waals surface area contributed by atoms with Crippen LogP contribution in [0.2, 0.25) is 9.36 Å². The van der Waals surface area contributed by atoms with Gasteiger partial charge in [0.15, 0.2) is 0 Å². The van der Waals surface area contributed by atoms with Crippen molar-refractivity contribution in [1.82, 2.24) is 15.1 Å². The number of amides is 1. The van der Waals surface area contributed by atoms with Gasteiger partial charge >= 0.3 is 0 Å². The molecule has 148 valence electrons. The lowest BCUT2D eigenvalue weighted by molar-refractivity contribution is 0.0942. The minimum absolute atomic E-state index is 0.225. The van der Waals surface area contributed by atoms with Crippen molar-refractivity contribution in [3.8, 4) is 11.3 Å². The van der Waals surface area contributed by atoms with E-state index in [0.717, 1.165) is 16.9 Å². The third-order valence-electron chi connectivity index (χ3n) is 4.25. The maximum Gasteiger partial charge on any atom is 0.261 e. The first-order valence-electron chi connectivity index (χ1n) is 8.69. The number of carbonyl (C=O) groups is 1. The number of benzene rings is 1. The molecule has 0 spiro atoms. The minimum atomic E-state index is -0.330. The normalized spacial score (nSPS) is 12.2. The van der Waals surface area contributed by atoms with Gasteiger partial charge in [0.05, 0.1) is 21.8 Å². The van der Waals surface area contributed by atoms with E-state index in [1.807, 2.05) is 6.92 Å². The number of thiophene rings is 1. The highest BCUT2D eigenvalue weighted by molar-refractivity contribution is 7.18. The number of aromatic nitrogens is 2. The van der Waals surface area contributed by atoms with Gasteiger partial charge in [-0.2, -0.15) is 5.10 Å². The molecular formula is C19H19Cl2FN4OS. The third kappa shape index (κ3) is 4.55. The Balaban J connectivity index is 1.78. The fourth-order valence-electron chi connectivity index (χ4n) is 2.91. The van der Waals surface area contributed by atoms with Gasteiger partial charge in [-0.1, -0.05) is 35.3 Å². The van der Waals surface area contributed by atoms with Crippen LogP contribution in [0.5, 0.6) is 0 Å². The van der Waals surface area contributed by atoms with Crippen molar-refractivity contribution < 1.29 is 9.18 Å². The number of rotatable bonds is 7. The third-order valence-corrected chi connectivity index (χ3v) is 5.88. The molecule has 0 saturated heterocycles. The van der Waals surface area contributed by atoms with E-state index in [2.05, 4.69) is 10.4 Å². The highest BCUT2D eigenvalue weighted by atomic mass is 35.5. The molecule has 0 radical (unpaired) electrons. The predicted octanol–water partition coefficient (Wildman–Crippen LogP) is 4.38. The zero-order valence-electron chi connectivity index (χ0n) is 15.1. The van der Waals surface area contributed by atoms with Crippen molar-refractivity contribution in [2.24, 2.45) is 5.73 Å². The molecule has 2 aromatic heterocycles. The van der Waals surface area contributed by atoms with Crippen LogP contribution in [0, 0.1) is 5.82 Å². The summed E-state index contributed by atoms with van der Waals surface area (Å²) in [7, 11) is 0. The summed E-state index contributed by atoms with van der Waals surface area (Å²) in [5.74, 6) is -0.609. The molecule has 1 aromatic carbocycles. The summed E-state index contributed by atoms with van der Waals surface area (Å²) in [6, 6.07) is 7.61. The zero-order chi connectivity index (χ0) is 20.3. The van der Waals surface area contributed by atoms with Crippen molar-refractivity contribution in [2.75, 3.05) is 6.54 Å². The highest BCUT2D eigenvalue weighted by Gasteiger charge is 2.21. The van der Waals surface area contributed by atoms with Gasteiger partial charge < -0.3 is 11.1 Å². The average Bonchev–Trinajstić information content (AvgIpc) is 3.23. The summed E-state index contributed by atoms with van der Waals surface area (Å²) in [5.41, 5.74) is 7.90. The molecule has 1 unspecified atom stereocenters. The Morgan fingerprint density at radius 1 is 1.39 bits per heavy atom. The van der Waals surface area contributed by atoms with Crippen LogP contribution in [-0.4, -0.2) is 28.3 Å². The van der Waals surface area contributed by atoms with Crippen LogP contribution in [0.1, 0.15) is 22.2 Å². The first-order valence-corrected chi connectivity index (χ1v) is 10.3. The van der Waals surface area contributed by atoms with Gasteiger partial charge in [-0.25, -0.2) is 4.39 Å². The fourth-order valence-corrected chi connectivity index (χ4v) is 4.33. The van der Waals surface area contributed by atoms with Gasteiger partial charge in [0.25, 0.3) is 5.91 Å². The summed E-state index contributed by atoms with van der Waals surface area (Å²) in [5, 5.41) is 7.57. The maximum absolute atomic E-state index is 13.4. The van der Waals surface area contributed by atoms with Gasteiger partial charge in [0.2, 0.25) is 0 Å². The van der Waals surface area contributed by atoms with Crippen LogP contribution in [0.15, 0.2) is 36.5 Å². The maximum atomic E-state index is 13.4. The summed E-state index contributed by atoms with van der Waals surface area (Å²) in [6.45, 7) is 2.79. The van der Waals surface area contributed by atoms with Gasteiger partial charge in [-0.05, 0) is 37.1 Å². The van der Waals surface area contributed by atoms with Crippen LogP contribution in [0.25, 0.3) is 11.3 Å². The predicted molar refractivity (Wildman–Crippen MR) is 112 cm³/mol. The molecule has 1 amide bonds. The zero-order valence-corrected chi connectivity index (χ0v) is 17.4. The molecule has 1 atom stereocenters. The van der Waals surface area contributed by atoms with Gasteiger partial charge in [-0.3, -0.25) is 9.48 Å². The molecular weight excluding hydrogens is 422 g/mol. The molecule has 3 N–H and O–H groups in total. The highest BCUT2D eigenvalue weighted by Crippen LogP contribution is 2.39. The number of nitrogens with two attached hydrogens (primary N) is 1. The van der Waals surface area contributed by atoms with Crippen molar-refractivity contribution in [2.45, 2.75) is 25.9 Å². The number of hydrogen-bond acceptors (Lipinski definition) is 4. The van der Waals surface area contributed by atoms with Gasteiger partial charge in [0.1, 0.15) is 10.2 Å². The Bertz CT molecular complexity index is 988. The molecule has 0 saturated carbocycles. The number of nitrogens with one attached hydrogen (secondary N) is 1. The molecule has 28 heavy (non-hydrogen) atoms. The summed E-state index contributed by atoms with van der Waals surface area (Å²) in [6.07, 6.45) is 1.98. The molecule has 0 aliphatic rings. The Kier molecular flexibility index (Phi) is 6.72. The second kappa shape index (κ2) is 9.05. The van der Waals surface area contributed by atoms with Gasteiger partial charge in [-0.15, -0.1) is 11.3 Å². The fraction of sp³-hybridized carbons (Fsp3) is 0.263. The molecule has 0 aliphatic heterocycles. The van der Waals surface area contributed by atoms with E-state index in [0.29, 0.717) is 38.5 Å². The monoisotopic (exact) mass is 440 g/mol. The molecule has 9 heteroatoms. The van der Waals surface area contributed by atoms with E-state index in [-0.39, 0.29) is 24.3 Å². The van der Waals surface area contributed by atoms with E-state index in [1.54, 1.807) is 29.1 Å². The van der Waals surface area contributed by atoms with E-state index in [4.69, 9.17) is 28.9 Å². The minimum Gasteiger partial charge on any atom is -0.347 e. The molecule has 3 rings (SSSR count). The Hall–Kier alpha value is -1.93. The lowest BCUT2D eigenvalue weighted by Crippen LogP contribution is -2.41. The average molecular weight is 441 g/mol.